The van der Waals surface area contributed by atoms with Crippen LogP contribution in [0.2, 0.25) is 0 Å². The number of benzene rings is 3. The number of hydrogen-bond acceptors (Lipinski definition) is 4. The summed E-state index contributed by atoms with van der Waals surface area (Å²) in [6.07, 6.45) is 3.52. The van der Waals surface area contributed by atoms with Crippen molar-refractivity contribution in [2.75, 3.05) is 11.9 Å². The highest BCUT2D eigenvalue weighted by molar-refractivity contribution is 5.73. The molecule has 1 atom stereocenters. The van der Waals surface area contributed by atoms with Crippen molar-refractivity contribution >= 4 is 11.6 Å². The molecule has 0 radical (unpaired) electrons. The molecule has 0 fully saturated rings. The molecule has 1 heterocycles. The van der Waals surface area contributed by atoms with Crippen LogP contribution in [0.3, 0.4) is 0 Å². The van der Waals surface area contributed by atoms with E-state index in [2.05, 4.69) is 65.8 Å². The first-order chi connectivity index (χ1) is 15.2. The maximum absolute atomic E-state index is 9.09. The Bertz CT molecular complexity index is 1220. The normalized spacial score (nSPS) is 14.6. The lowest BCUT2D eigenvalue weighted by atomic mass is 9.77. The number of aliphatic hydroxyl groups is 1. The lowest BCUT2D eigenvalue weighted by Crippen LogP contribution is -2.15. The zero-order valence-corrected chi connectivity index (χ0v) is 17.5. The molecule has 0 aliphatic heterocycles. The van der Waals surface area contributed by atoms with Crippen molar-refractivity contribution in [3.05, 3.63) is 107 Å². The monoisotopic (exact) mass is 407 g/mol. The third kappa shape index (κ3) is 3.82. The predicted octanol–water partition coefficient (Wildman–Crippen LogP) is 5.42. The molecule has 4 nitrogen and oxygen atoms in total. The van der Waals surface area contributed by atoms with Gasteiger partial charge in [-0.1, -0.05) is 60.7 Å². The molecular formula is C27H25N3O. The minimum absolute atomic E-state index is 0.156. The lowest BCUT2D eigenvalue weighted by molar-refractivity contribution is 0.299. The van der Waals surface area contributed by atoms with Gasteiger partial charge in [0.1, 0.15) is 0 Å². The Balaban J connectivity index is 1.49. The van der Waals surface area contributed by atoms with E-state index in [1.165, 1.54) is 27.8 Å². The smallest absolute Gasteiger partial charge is 0.227 e. The average Bonchev–Trinajstić information content (AvgIpc) is 2.81. The molecule has 1 aliphatic rings. The SMILES string of the molecule is Cc1ccccc1[C@H]1Cc2cnc(Nc3ccc(CCO)cc3)nc2-c2ccccc21. The maximum atomic E-state index is 9.09. The van der Waals surface area contributed by atoms with Gasteiger partial charge in [0.15, 0.2) is 0 Å². The van der Waals surface area contributed by atoms with Gasteiger partial charge in [0.2, 0.25) is 5.95 Å². The van der Waals surface area contributed by atoms with E-state index in [0.717, 1.165) is 23.4 Å². The Labute approximate surface area is 182 Å². The molecule has 1 aliphatic carbocycles. The van der Waals surface area contributed by atoms with Crippen LogP contribution in [0.4, 0.5) is 11.6 Å². The first-order valence-electron chi connectivity index (χ1n) is 10.7. The minimum Gasteiger partial charge on any atom is -0.396 e. The molecule has 1 aromatic heterocycles. The van der Waals surface area contributed by atoms with Gasteiger partial charge >= 0.3 is 0 Å². The van der Waals surface area contributed by atoms with Gasteiger partial charge in [0, 0.05) is 30.0 Å². The number of hydrogen-bond donors (Lipinski definition) is 2. The molecule has 4 heteroatoms. The highest BCUT2D eigenvalue weighted by Crippen LogP contribution is 2.42. The highest BCUT2D eigenvalue weighted by Gasteiger charge is 2.28. The molecular weight excluding hydrogens is 382 g/mol. The standard InChI is InChI=1S/C27H25N3O/c1-18-6-2-3-7-22(18)25-16-20-17-28-27(29-21-12-10-19(11-13-21)14-15-31)30-26(20)24-9-5-4-8-23(24)25/h2-13,17,25,31H,14-16H2,1H3,(H,28,29,30)/t25-/m1/s1. The van der Waals surface area contributed by atoms with Crippen molar-refractivity contribution in [1.82, 2.24) is 9.97 Å². The van der Waals surface area contributed by atoms with Gasteiger partial charge in [-0.2, -0.15) is 0 Å². The number of nitrogens with one attached hydrogen (secondary N) is 1. The predicted molar refractivity (Wildman–Crippen MR) is 125 cm³/mol. The second-order valence-electron chi connectivity index (χ2n) is 8.06. The van der Waals surface area contributed by atoms with Crippen LogP contribution >= 0.6 is 0 Å². The van der Waals surface area contributed by atoms with Gasteiger partial charge in [0.05, 0.1) is 5.69 Å². The van der Waals surface area contributed by atoms with Crippen LogP contribution in [0, 0.1) is 6.92 Å². The summed E-state index contributed by atoms with van der Waals surface area (Å²) < 4.78 is 0. The summed E-state index contributed by atoms with van der Waals surface area (Å²) in [5.41, 5.74) is 9.41. The first kappa shape index (κ1) is 19.5. The molecule has 0 saturated heterocycles. The van der Waals surface area contributed by atoms with Crippen LogP contribution in [-0.2, 0) is 12.8 Å². The van der Waals surface area contributed by atoms with Gasteiger partial charge in [-0.05, 0) is 59.7 Å². The highest BCUT2D eigenvalue weighted by atomic mass is 16.2. The Morgan fingerprint density at radius 3 is 2.45 bits per heavy atom. The van der Waals surface area contributed by atoms with Gasteiger partial charge in [-0.15, -0.1) is 0 Å². The average molecular weight is 408 g/mol. The zero-order valence-electron chi connectivity index (χ0n) is 17.5. The summed E-state index contributed by atoms with van der Waals surface area (Å²) in [6, 6.07) is 25.2. The maximum Gasteiger partial charge on any atom is 0.227 e. The van der Waals surface area contributed by atoms with Crippen molar-refractivity contribution in [2.45, 2.75) is 25.7 Å². The largest absolute Gasteiger partial charge is 0.396 e. The number of aliphatic hydroxyl groups excluding tert-OH is 1. The molecule has 154 valence electrons. The van der Waals surface area contributed by atoms with E-state index >= 15 is 0 Å². The van der Waals surface area contributed by atoms with Gasteiger partial charge < -0.3 is 10.4 Å². The van der Waals surface area contributed by atoms with E-state index in [-0.39, 0.29) is 6.61 Å². The Morgan fingerprint density at radius 2 is 1.68 bits per heavy atom. The summed E-state index contributed by atoms with van der Waals surface area (Å²) in [4.78, 5) is 9.50. The number of rotatable bonds is 5. The summed E-state index contributed by atoms with van der Waals surface area (Å²) in [5.74, 6) is 0.907. The van der Waals surface area contributed by atoms with E-state index in [0.29, 0.717) is 18.3 Å². The lowest BCUT2D eigenvalue weighted by Gasteiger charge is -2.28. The minimum atomic E-state index is 0.156. The summed E-state index contributed by atoms with van der Waals surface area (Å²) in [7, 11) is 0. The van der Waals surface area contributed by atoms with Crippen LogP contribution in [0.5, 0.6) is 0 Å². The second-order valence-corrected chi connectivity index (χ2v) is 8.06. The Morgan fingerprint density at radius 1 is 0.935 bits per heavy atom. The molecule has 0 saturated carbocycles. The van der Waals surface area contributed by atoms with Crippen LogP contribution in [-0.4, -0.2) is 21.7 Å². The van der Waals surface area contributed by atoms with Gasteiger partial charge in [-0.3, -0.25) is 0 Å². The molecule has 3 aromatic carbocycles. The van der Waals surface area contributed by atoms with Crippen LogP contribution in [0.15, 0.2) is 79.0 Å². The summed E-state index contributed by atoms with van der Waals surface area (Å²) in [5, 5.41) is 12.4. The number of fused-ring (bicyclic) bond motifs is 3. The quantitative estimate of drug-likeness (QED) is 0.464. The van der Waals surface area contributed by atoms with E-state index in [9.17, 15) is 0 Å². The first-order valence-corrected chi connectivity index (χ1v) is 10.7. The second kappa shape index (κ2) is 8.32. The molecule has 4 aromatic rings. The van der Waals surface area contributed by atoms with Gasteiger partial charge in [0.25, 0.3) is 0 Å². The molecule has 0 unspecified atom stereocenters. The van der Waals surface area contributed by atoms with E-state index in [4.69, 9.17) is 10.1 Å². The molecule has 2 N–H and O–H groups in total. The molecule has 0 amide bonds. The van der Waals surface area contributed by atoms with Crippen molar-refractivity contribution in [3.63, 3.8) is 0 Å². The summed E-state index contributed by atoms with van der Waals surface area (Å²) in [6.45, 7) is 2.34. The van der Waals surface area contributed by atoms with Crippen molar-refractivity contribution < 1.29 is 5.11 Å². The van der Waals surface area contributed by atoms with Gasteiger partial charge in [-0.25, -0.2) is 9.97 Å². The fourth-order valence-electron chi connectivity index (χ4n) is 4.46. The Hall–Kier alpha value is -3.50. The van der Waals surface area contributed by atoms with Crippen molar-refractivity contribution in [3.8, 4) is 11.3 Å². The number of aryl methyl sites for hydroxylation is 1. The van der Waals surface area contributed by atoms with Crippen molar-refractivity contribution in [2.24, 2.45) is 0 Å². The fraction of sp³-hybridized carbons (Fsp3) is 0.185. The fourth-order valence-corrected chi connectivity index (χ4v) is 4.46. The van der Waals surface area contributed by atoms with Crippen LogP contribution < -0.4 is 5.32 Å². The molecule has 5 rings (SSSR count). The third-order valence-corrected chi connectivity index (χ3v) is 6.05. The molecule has 31 heavy (non-hydrogen) atoms. The molecule has 0 spiro atoms. The summed E-state index contributed by atoms with van der Waals surface area (Å²) >= 11 is 0. The molecule has 0 bridgehead atoms. The van der Waals surface area contributed by atoms with Crippen molar-refractivity contribution in [1.29, 1.82) is 0 Å². The zero-order chi connectivity index (χ0) is 21.2. The third-order valence-electron chi connectivity index (χ3n) is 6.05. The Kier molecular flexibility index (Phi) is 5.23. The topological polar surface area (TPSA) is 58.0 Å². The van der Waals surface area contributed by atoms with Crippen LogP contribution in [0.25, 0.3) is 11.3 Å². The number of anilines is 2. The van der Waals surface area contributed by atoms with E-state index in [1.807, 2.05) is 30.5 Å². The van der Waals surface area contributed by atoms with E-state index in [1.54, 1.807) is 0 Å². The van der Waals surface area contributed by atoms with E-state index < -0.39 is 0 Å². The number of aromatic nitrogens is 2. The van der Waals surface area contributed by atoms with Crippen LogP contribution in [0.1, 0.15) is 33.7 Å². The number of nitrogens with zero attached hydrogens (tertiary/aromatic N) is 2.